The van der Waals surface area contributed by atoms with Crippen LogP contribution in [0.1, 0.15) is 32.2 Å². The van der Waals surface area contributed by atoms with Crippen molar-refractivity contribution in [3.63, 3.8) is 0 Å². The molecule has 0 unspecified atom stereocenters. The van der Waals surface area contributed by atoms with E-state index in [2.05, 4.69) is 9.97 Å². The van der Waals surface area contributed by atoms with Gasteiger partial charge in [-0.25, -0.2) is 9.97 Å². The topological polar surface area (TPSA) is 46.0 Å². The van der Waals surface area contributed by atoms with E-state index in [-0.39, 0.29) is 11.2 Å². The van der Waals surface area contributed by atoms with Gasteiger partial charge < -0.3 is 5.11 Å². The summed E-state index contributed by atoms with van der Waals surface area (Å²) in [6.45, 7) is 5.90. The van der Waals surface area contributed by atoms with Crippen molar-refractivity contribution in [3.05, 3.63) is 66.1 Å². The molecule has 1 N–H and O–H groups in total. The summed E-state index contributed by atoms with van der Waals surface area (Å²) >= 11 is 0. The number of halogens is 3. The van der Waals surface area contributed by atoms with Crippen molar-refractivity contribution in [2.24, 2.45) is 0 Å². The highest BCUT2D eigenvalue weighted by molar-refractivity contribution is 5.82. The number of para-hydroxylation sites is 1. The molecule has 0 bridgehead atoms. The molecule has 0 fully saturated rings. The SMILES string of the molecule is CC(C)(C)c1ncc(-c2ccc(C(F)(F)F)cc2)c(-c2ccccc2O)n1. The second-order valence-electron chi connectivity index (χ2n) is 7.30. The Bertz CT molecular complexity index is 958. The smallest absolute Gasteiger partial charge is 0.416 e. The first kappa shape index (κ1) is 18.9. The molecular formula is C21H19F3N2O. The summed E-state index contributed by atoms with van der Waals surface area (Å²) in [5, 5.41) is 10.3. The number of benzene rings is 2. The highest BCUT2D eigenvalue weighted by atomic mass is 19.4. The zero-order chi connectivity index (χ0) is 19.8. The van der Waals surface area contributed by atoms with Crippen molar-refractivity contribution in [1.82, 2.24) is 9.97 Å². The summed E-state index contributed by atoms with van der Waals surface area (Å²) in [5.41, 5.74) is 1.04. The second-order valence-corrected chi connectivity index (χ2v) is 7.30. The van der Waals surface area contributed by atoms with Crippen LogP contribution in [0.3, 0.4) is 0 Å². The van der Waals surface area contributed by atoms with Gasteiger partial charge in [0.25, 0.3) is 0 Å². The van der Waals surface area contributed by atoms with Crippen LogP contribution in [-0.4, -0.2) is 15.1 Å². The molecule has 0 aliphatic rings. The predicted octanol–water partition coefficient (Wildman–Crippen LogP) is 5.83. The Morgan fingerprint density at radius 3 is 2.04 bits per heavy atom. The molecule has 3 aromatic rings. The molecule has 0 saturated heterocycles. The molecule has 0 radical (unpaired) electrons. The molecule has 1 aromatic heterocycles. The van der Waals surface area contributed by atoms with Gasteiger partial charge in [-0.3, -0.25) is 0 Å². The van der Waals surface area contributed by atoms with Gasteiger partial charge in [-0.2, -0.15) is 13.2 Å². The van der Waals surface area contributed by atoms with Gasteiger partial charge in [-0.1, -0.05) is 45.0 Å². The van der Waals surface area contributed by atoms with E-state index in [0.717, 1.165) is 12.1 Å². The molecule has 0 spiro atoms. The maximum absolute atomic E-state index is 12.8. The van der Waals surface area contributed by atoms with Gasteiger partial charge in [0, 0.05) is 22.7 Å². The van der Waals surface area contributed by atoms with Crippen LogP contribution in [0.5, 0.6) is 5.75 Å². The van der Waals surface area contributed by atoms with Crippen LogP contribution >= 0.6 is 0 Å². The third kappa shape index (κ3) is 3.94. The zero-order valence-electron chi connectivity index (χ0n) is 15.2. The molecule has 27 heavy (non-hydrogen) atoms. The van der Waals surface area contributed by atoms with Crippen LogP contribution in [0.4, 0.5) is 13.2 Å². The van der Waals surface area contributed by atoms with Gasteiger partial charge in [0.05, 0.1) is 11.3 Å². The number of hydrogen-bond donors (Lipinski definition) is 1. The highest BCUT2D eigenvalue weighted by Gasteiger charge is 2.30. The van der Waals surface area contributed by atoms with Crippen LogP contribution in [0, 0.1) is 0 Å². The number of alkyl halides is 3. The lowest BCUT2D eigenvalue weighted by molar-refractivity contribution is -0.137. The monoisotopic (exact) mass is 372 g/mol. The van der Waals surface area contributed by atoms with Crippen LogP contribution < -0.4 is 0 Å². The highest BCUT2D eigenvalue weighted by Crippen LogP contribution is 2.37. The maximum atomic E-state index is 12.8. The zero-order valence-corrected chi connectivity index (χ0v) is 15.2. The molecule has 0 atom stereocenters. The second kappa shape index (κ2) is 6.68. The average molecular weight is 372 g/mol. The largest absolute Gasteiger partial charge is 0.507 e. The molecule has 0 aliphatic heterocycles. The van der Waals surface area contributed by atoms with E-state index in [1.807, 2.05) is 20.8 Å². The van der Waals surface area contributed by atoms with Gasteiger partial charge in [0.2, 0.25) is 0 Å². The van der Waals surface area contributed by atoms with Gasteiger partial charge in [-0.05, 0) is 29.8 Å². The standard InChI is InChI=1S/C21H19F3N2O/c1-20(2,3)19-25-12-16(13-8-10-14(11-9-13)21(22,23)24)18(26-19)15-6-4-5-7-17(15)27/h4-12,27H,1-3H3. The van der Waals surface area contributed by atoms with E-state index >= 15 is 0 Å². The number of hydrogen-bond acceptors (Lipinski definition) is 3. The maximum Gasteiger partial charge on any atom is 0.416 e. The fourth-order valence-electron chi connectivity index (χ4n) is 2.67. The predicted molar refractivity (Wildman–Crippen MR) is 98.3 cm³/mol. The Kier molecular flexibility index (Phi) is 4.68. The summed E-state index contributed by atoms with van der Waals surface area (Å²) in [4.78, 5) is 9.03. The van der Waals surface area contributed by atoms with Gasteiger partial charge in [-0.15, -0.1) is 0 Å². The lowest BCUT2D eigenvalue weighted by atomic mass is 9.93. The van der Waals surface area contributed by atoms with Crippen molar-refractivity contribution in [2.45, 2.75) is 32.4 Å². The van der Waals surface area contributed by atoms with E-state index in [1.54, 1.807) is 30.5 Å². The molecule has 1 heterocycles. The molecule has 2 aromatic carbocycles. The van der Waals surface area contributed by atoms with Crippen molar-refractivity contribution in [3.8, 4) is 28.1 Å². The first-order valence-electron chi connectivity index (χ1n) is 8.41. The minimum Gasteiger partial charge on any atom is -0.507 e. The fraction of sp³-hybridized carbons (Fsp3) is 0.238. The van der Waals surface area contributed by atoms with Crippen LogP contribution in [-0.2, 0) is 11.6 Å². The van der Waals surface area contributed by atoms with Crippen molar-refractivity contribution in [1.29, 1.82) is 0 Å². The van der Waals surface area contributed by atoms with E-state index in [1.165, 1.54) is 12.1 Å². The Morgan fingerprint density at radius 2 is 1.48 bits per heavy atom. The Balaban J connectivity index is 2.19. The third-order valence-corrected chi connectivity index (χ3v) is 4.14. The summed E-state index contributed by atoms with van der Waals surface area (Å²) in [7, 11) is 0. The lowest BCUT2D eigenvalue weighted by Gasteiger charge is -2.19. The van der Waals surface area contributed by atoms with Gasteiger partial charge in [0.1, 0.15) is 11.6 Å². The van der Waals surface area contributed by atoms with Crippen LogP contribution in [0.2, 0.25) is 0 Å². The van der Waals surface area contributed by atoms with Crippen LogP contribution in [0.25, 0.3) is 22.4 Å². The first-order chi connectivity index (χ1) is 12.6. The minimum absolute atomic E-state index is 0.0456. The lowest BCUT2D eigenvalue weighted by Crippen LogP contribution is -2.16. The number of aromatic nitrogens is 2. The minimum atomic E-state index is -4.40. The van der Waals surface area contributed by atoms with E-state index < -0.39 is 11.7 Å². The number of nitrogens with zero attached hydrogens (tertiary/aromatic N) is 2. The average Bonchev–Trinajstić information content (AvgIpc) is 2.60. The Labute approximate surface area is 155 Å². The quantitative estimate of drug-likeness (QED) is 0.615. The Hall–Kier alpha value is -2.89. The molecule has 0 aliphatic carbocycles. The van der Waals surface area contributed by atoms with Crippen LogP contribution in [0.15, 0.2) is 54.7 Å². The number of phenols is 1. The molecule has 6 heteroatoms. The molecule has 3 nitrogen and oxygen atoms in total. The van der Waals surface area contributed by atoms with Crippen molar-refractivity contribution >= 4 is 0 Å². The van der Waals surface area contributed by atoms with Gasteiger partial charge in [0.15, 0.2) is 0 Å². The molecule has 0 amide bonds. The molecule has 3 rings (SSSR count). The number of aromatic hydroxyl groups is 1. The number of phenolic OH excluding ortho intramolecular Hbond substituents is 1. The third-order valence-electron chi connectivity index (χ3n) is 4.14. The van der Waals surface area contributed by atoms with E-state index in [0.29, 0.717) is 28.2 Å². The Morgan fingerprint density at radius 1 is 0.852 bits per heavy atom. The van der Waals surface area contributed by atoms with Crippen molar-refractivity contribution < 1.29 is 18.3 Å². The molecule has 140 valence electrons. The summed E-state index contributed by atoms with van der Waals surface area (Å²) < 4.78 is 38.5. The first-order valence-corrected chi connectivity index (χ1v) is 8.41. The normalized spacial score (nSPS) is 12.2. The van der Waals surface area contributed by atoms with Crippen molar-refractivity contribution in [2.75, 3.05) is 0 Å². The summed E-state index contributed by atoms with van der Waals surface area (Å²) in [5.74, 6) is 0.626. The number of rotatable bonds is 2. The van der Waals surface area contributed by atoms with Gasteiger partial charge >= 0.3 is 6.18 Å². The molecular weight excluding hydrogens is 353 g/mol. The van der Waals surface area contributed by atoms with E-state index in [9.17, 15) is 18.3 Å². The fourth-order valence-corrected chi connectivity index (χ4v) is 2.67. The summed E-state index contributed by atoms with van der Waals surface area (Å²) in [6.07, 6.45) is -2.80. The summed E-state index contributed by atoms with van der Waals surface area (Å²) in [6, 6.07) is 11.6. The molecule has 0 saturated carbocycles. The van der Waals surface area contributed by atoms with E-state index in [4.69, 9.17) is 0 Å².